The van der Waals surface area contributed by atoms with Crippen molar-refractivity contribution >= 4 is 17.5 Å². The SMILES string of the molecule is [C-]#[N+]c1ccc(-n2nccc2-c2c(C)n(-c3cccc(C(F)(F)F)c3)c(=O)n2C(=O)N[C@@H](C)C(=O)CC2CC[N+](C)(C)CC2)cc1. The molecule has 0 radical (unpaired) electrons. The number of hydrogen-bond donors (Lipinski definition) is 1. The van der Waals surface area contributed by atoms with Gasteiger partial charge in [0.2, 0.25) is 0 Å². The van der Waals surface area contributed by atoms with E-state index in [9.17, 15) is 27.6 Å². The molecule has 0 unspecified atom stereocenters. The highest BCUT2D eigenvalue weighted by molar-refractivity contribution is 5.90. The van der Waals surface area contributed by atoms with Crippen molar-refractivity contribution in [1.29, 1.82) is 0 Å². The average molecular weight is 635 g/mol. The Balaban J connectivity index is 1.56. The van der Waals surface area contributed by atoms with E-state index in [2.05, 4.69) is 29.4 Å². The fourth-order valence-electron chi connectivity index (χ4n) is 5.89. The van der Waals surface area contributed by atoms with Crippen LogP contribution in [-0.4, -0.2) is 68.4 Å². The molecule has 3 heterocycles. The number of imidazole rings is 1. The van der Waals surface area contributed by atoms with Gasteiger partial charge in [-0.25, -0.2) is 23.7 Å². The Bertz CT molecular complexity index is 1870. The number of alkyl halides is 3. The molecular weight excluding hydrogens is 599 g/mol. The number of carbonyl (C=O) groups is 2. The van der Waals surface area contributed by atoms with E-state index >= 15 is 0 Å². The molecule has 0 saturated carbocycles. The number of rotatable bonds is 7. The summed E-state index contributed by atoms with van der Waals surface area (Å²) in [5.74, 6) is 0.0308. The van der Waals surface area contributed by atoms with Crippen molar-refractivity contribution in [2.45, 2.75) is 45.3 Å². The number of aromatic nitrogens is 4. The van der Waals surface area contributed by atoms with E-state index in [0.717, 1.165) is 51.7 Å². The standard InChI is InChI=1S/C33H34F3N7O3/c1-21(29(44)19-23-14-17-43(4,5)18-15-23)39-31(45)41-30(28-13-16-38-42(28)26-11-9-25(37-3)10-12-26)22(2)40(32(41)46)27-8-6-7-24(20-27)33(34,35)36/h6-13,16,20-21,23H,14-15,17-19H2,1-2,4-5H3/p+1/t21-/m0/s1. The largest absolute Gasteiger partial charge is 0.416 e. The molecule has 13 heteroatoms. The summed E-state index contributed by atoms with van der Waals surface area (Å²) in [5, 5.41) is 7.02. The molecule has 1 aliphatic heterocycles. The van der Waals surface area contributed by atoms with Gasteiger partial charge >= 0.3 is 17.9 Å². The van der Waals surface area contributed by atoms with Crippen molar-refractivity contribution in [3.05, 3.63) is 94.0 Å². The number of likely N-dealkylation sites (tertiary alicyclic amines) is 1. The number of Topliss-reactive ketones (excluding diaryl/α,β-unsaturated/α-hetero) is 1. The summed E-state index contributed by atoms with van der Waals surface area (Å²) in [7, 11) is 4.30. The van der Waals surface area contributed by atoms with Gasteiger partial charge in [-0.3, -0.25) is 9.36 Å². The number of nitrogens with one attached hydrogen (secondary N) is 1. The van der Waals surface area contributed by atoms with Gasteiger partial charge in [0, 0.05) is 19.3 Å². The van der Waals surface area contributed by atoms with E-state index in [1.54, 1.807) is 37.3 Å². The second kappa shape index (κ2) is 12.4. The summed E-state index contributed by atoms with van der Waals surface area (Å²) in [6, 6.07) is 10.5. The lowest BCUT2D eigenvalue weighted by atomic mass is 9.89. The number of halogens is 3. The van der Waals surface area contributed by atoms with Crippen LogP contribution in [0.3, 0.4) is 0 Å². The van der Waals surface area contributed by atoms with Gasteiger partial charge in [0.05, 0.1) is 74.3 Å². The Labute approximate surface area is 264 Å². The molecule has 1 amide bonds. The van der Waals surface area contributed by atoms with Gasteiger partial charge in [-0.2, -0.15) is 18.3 Å². The monoisotopic (exact) mass is 634 g/mol. The molecule has 1 saturated heterocycles. The smallest absolute Gasteiger partial charge is 0.328 e. The minimum atomic E-state index is -4.66. The first kappa shape index (κ1) is 32.4. The molecule has 10 nitrogen and oxygen atoms in total. The zero-order valence-electron chi connectivity index (χ0n) is 26.0. The Hall–Kier alpha value is -4.96. The summed E-state index contributed by atoms with van der Waals surface area (Å²) >= 11 is 0. The van der Waals surface area contributed by atoms with Crippen LogP contribution >= 0.6 is 0 Å². The number of piperidine rings is 1. The lowest BCUT2D eigenvalue weighted by Crippen LogP contribution is -2.48. The second-order valence-corrected chi connectivity index (χ2v) is 12.4. The third-order valence-electron chi connectivity index (χ3n) is 8.63. The molecule has 2 aromatic heterocycles. The van der Waals surface area contributed by atoms with Crippen LogP contribution < -0.4 is 11.0 Å². The topological polar surface area (TPSA) is 95.3 Å². The molecule has 1 atom stereocenters. The molecule has 240 valence electrons. The van der Waals surface area contributed by atoms with E-state index in [0.29, 0.717) is 23.5 Å². The number of benzene rings is 2. The van der Waals surface area contributed by atoms with Crippen molar-refractivity contribution in [2.24, 2.45) is 5.92 Å². The minimum Gasteiger partial charge on any atom is -0.328 e. The summed E-state index contributed by atoms with van der Waals surface area (Å²) in [6.07, 6.45) is -1.12. The van der Waals surface area contributed by atoms with E-state index in [4.69, 9.17) is 6.57 Å². The van der Waals surface area contributed by atoms with Gasteiger partial charge in [-0.15, -0.1) is 0 Å². The van der Waals surface area contributed by atoms with Gasteiger partial charge in [0.1, 0.15) is 5.69 Å². The summed E-state index contributed by atoms with van der Waals surface area (Å²) in [6.45, 7) is 12.2. The van der Waals surface area contributed by atoms with Crippen molar-refractivity contribution in [3.63, 3.8) is 0 Å². The number of hydrogen-bond acceptors (Lipinski definition) is 4. The first-order chi connectivity index (χ1) is 21.7. The fourth-order valence-corrected chi connectivity index (χ4v) is 5.89. The van der Waals surface area contributed by atoms with Crippen LogP contribution in [-0.2, 0) is 11.0 Å². The fraction of sp³-hybridized carbons (Fsp3) is 0.364. The number of carbonyl (C=O) groups excluding carboxylic acids is 2. The number of amides is 1. The Morgan fingerprint density at radius 2 is 1.76 bits per heavy atom. The summed E-state index contributed by atoms with van der Waals surface area (Å²) < 4.78 is 45.1. The van der Waals surface area contributed by atoms with Crippen molar-refractivity contribution in [2.75, 3.05) is 27.2 Å². The predicted molar refractivity (Wildman–Crippen MR) is 166 cm³/mol. The maximum Gasteiger partial charge on any atom is 0.416 e. The van der Waals surface area contributed by atoms with Crippen LogP contribution in [0, 0.1) is 19.4 Å². The Kier molecular flexibility index (Phi) is 8.77. The first-order valence-corrected chi connectivity index (χ1v) is 14.9. The molecule has 0 spiro atoms. The number of quaternary nitrogens is 1. The van der Waals surface area contributed by atoms with Crippen LogP contribution in [0.1, 0.15) is 37.4 Å². The Morgan fingerprint density at radius 1 is 1.09 bits per heavy atom. The minimum absolute atomic E-state index is 0.0820. The predicted octanol–water partition coefficient (Wildman–Crippen LogP) is 5.76. The van der Waals surface area contributed by atoms with Crippen molar-refractivity contribution in [1.82, 2.24) is 24.2 Å². The van der Waals surface area contributed by atoms with Crippen molar-refractivity contribution < 1.29 is 27.2 Å². The van der Waals surface area contributed by atoms with E-state index in [1.807, 2.05) is 0 Å². The zero-order valence-corrected chi connectivity index (χ0v) is 26.0. The third-order valence-corrected chi connectivity index (χ3v) is 8.63. The molecule has 1 aliphatic rings. The highest BCUT2D eigenvalue weighted by Gasteiger charge is 2.33. The van der Waals surface area contributed by atoms with Gasteiger partial charge in [0.25, 0.3) is 0 Å². The lowest BCUT2D eigenvalue weighted by Gasteiger charge is -2.37. The molecule has 46 heavy (non-hydrogen) atoms. The quantitative estimate of drug-likeness (QED) is 0.207. The highest BCUT2D eigenvalue weighted by atomic mass is 19.4. The van der Waals surface area contributed by atoms with Crippen molar-refractivity contribution in [3.8, 4) is 22.8 Å². The van der Waals surface area contributed by atoms with Gasteiger partial charge in [-0.05, 0) is 56.2 Å². The number of ketones is 1. The van der Waals surface area contributed by atoms with E-state index < -0.39 is 29.5 Å². The Morgan fingerprint density at radius 3 is 2.39 bits per heavy atom. The van der Waals surface area contributed by atoms with Crippen LogP contribution in [0.5, 0.6) is 0 Å². The zero-order chi connectivity index (χ0) is 33.4. The normalized spacial score (nSPS) is 15.7. The van der Waals surface area contributed by atoms with Crippen LogP contribution in [0.4, 0.5) is 23.7 Å². The van der Waals surface area contributed by atoms with E-state index in [-0.39, 0.29) is 28.8 Å². The van der Waals surface area contributed by atoms with Crippen LogP contribution in [0.25, 0.3) is 27.6 Å². The van der Waals surface area contributed by atoms with Gasteiger partial charge in [0.15, 0.2) is 11.5 Å². The second-order valence-electron chi connectivity index (χ2n) is 12.4. The first-order valence-electron chi connectivity index (χ1n) is 14.9. The maximum absolute atomic E-state index is 14.0. The molecule has 1 N–H and O–H groups in total. The van der Waals surface area contributed by atoms with Crippen LogP contribution in [0.15, 0.2) is 65.6 Å². The van der Waals surface area contributed by atoms with Crippen LogP contribution in [0.2, 0.25) is 0 Å². The third kappa shape index (κ3) is 6.53. The molecule has 5 rings (SSSR count). The lowest BCUT2D eigenvalue weighted by molar-refractivity contribution is -0.896. The van der Waals surface area contributed by atoms with Gasteiger partial charge in [-0.1, -0.05) is 18.2 Å². The molecule has 4 aromatic rings. The van der Waals surface area contributed by atoms with E-state index in [1.165, 1.54) is 29.9 Å². The molecule has 0 bridgehead atoms. The highest BCUT2D eigenvalue weighted by Crippen LogP contribution is 2.32. The average Bonchev–Trinajstić information content (AvgIpc) is 3.59. The van der Waals surface area contributed by atoms with Gasteiger partial charge < -0.3 is 9.80 Å². The molecule has 1 fully saturated rings. The summed E-state index contributed by atoms with van der Waals surface area (Å²) in [5.41, 5.74) is -0.463. The maximum atomic E-state index is 14.0. The molecule has 2 aromatic carbocycles. The molecule has 0 aliphatic carbocycles. The number of nitrogens with zero attached hydrogens (tertiary/aromatic N) is 6. The summed E-state index contributed by atoms with van der Waals surface area (Å²) in [4.78, 5) is 44.5. The molecular formula is C33H35F3N7O3+.